The largest absolute Gasteiger partial charge is 0.455 e. The van der Waals surface area contributed by atoms with Crippen LogP contribution >= 0.6 is 0 Å². The summed E-state index contributed by atoms with van der Waals surface area (Å²) in [5.41, 5.74) is 2.26. The Bertz CT molecular complexity index is 692. The summed E-state index contributed by atoms with van der Waals surface area (Å²) < 4.78 is 5.00. The van der Waals surface area contributed by atoms with Crippen LogP contribution in [0.4, 0.5) is 0 Å². The second kappa shape index (κ2) is 6.22. The Hall–Kier alpha value is -2.30. The fourth-order valence-electron chi connectivity index (χ4n) is 2.62. The maximum Gasteiger partial charge on any atom is 0.309 e. The van der Waals surface area contributed by atoms with Crippen molar-refractivity contribution in [1.29, 1.82) is 0 Å². The van der Waals surface area contributed by atoms with Gasteiger partial charge in [-0.1, -0.05) is 25.1 Å². The lowest BCUT2D eigenvalue weighted by atomic mass is 10.1. The molecule has 0 bridgehead atoms. The van der Waals surface area contributed by atoms with Crippen molar-refractivity contribution in [3.05, 3.63) is 36.0 Å². The van der Waals surface area contributed by atoms with Crippen LogP contribution in [0, 0.1) is 11.8 Å². The molecule has 0 spiro atoms. The highest BCUT2D eigenvalue weighted by Gasteiger charge is 2.40. The fourth-order valence-corrected chi connectivity index (χ4v) is 2.62. The lowest BCUT2D eigenvalue weighted by molar-refractivity contribution is -0.150. The minimum absolute atomic E-state index is 0.000907. The molecule has 0 aliphatic heterocycles. The number of benzene rings is 1. The number of aromatic amines is 1. The zero-order valence-electron chi connectivity index (χ0n) is 12.6. The Morgan fingerprint density at radius 3 is 2.91 bits per heavy atom. The third kappa shape index (κ3) is 3.30. The third-order valence-electron chi connectivity index (χ3n) is 4.15. The van der Waals surface area contributed by atoms with Crippen molar-refractivity contribution in [3.8, 4) is 0 Å². The SMILES string of the molecule is C[C@H]1C[C@@H]1C(=O)OCC(=O)NCCc1c[nH]c2ccccc12. The number of para-hydroxylation sites is 1. The molecule has 2 N–H and O–H groups in total. The topological polar surface area (TPSA) is 71.2 Å². The summed E-state index contributed by atoms with van der Waals surface area (Å²) in [4.78, 5) is 26.4. The van der Waals surface area contributed by atoms with Crippen LogP contribution in [-0.2, 0) is 20.7 Å². The Morgan fingerprint density at radius 2 is 2.14 bits per heavy atom. The van der Waals surface area contributed by atoms with E-state index < -0.39 is 0 Å². The number of hydrogen-bond donors (Lipinski definition) is 2. The van der Waals surface area contributed by atoms with Crippen LogP contribution in [0.25, 0.3) is 10.9 Å². The number of H-pyrrole nitrogens is 1. The first-order valence-corrected chi connectivity index (χ1v) is 7.63. The van der Waals surface area contributed by atoms with E-state index in [1.54, 1.807) is 0 Å². The van der Waals surface area contributed by atoms with Gasteiger partial charge in [0.2, 0.25) is 0 Å². The van der Waals surface area contributed by atoms with Gasteiger partial charge in [-0.2, -0.15) is 0 Å². The molecule has 1 aromatic heterocycles. The van der Waals surface area contributed by atoms with Gasteiger partial charge in [0.05, 0.1) is 5.92 Å². The summed E-state index contributed by atoms with van der Waals surface area (Å²) in [6.45, 7) is 2.35. The summed E-state index contributed by atoms with van der Waals surface area (Å²) in [6.07, 6.45) is 3.58. The van der Waals surface area contributed by atoms with Gasteiger partial charge in [0.1, 0.15) is 0 Å². The predicted molar refractivity (Wildman–Crippen MR) is 83.2 cm³/mol. The molecular formula is C17H20N2O3. The van der Waals surface area contributed by atoms with Crippen LogP contribution < -0.4 is 5.32 Å². The highest BCUT2D eigenvalue weighted by atomic mass is 16.5. The van der Waals surface area contributed by atoms with E-state index >= 15 is 0 Å². The van der Waals surface area contributed by atoms with Gasteiger partial charge in [-0.05, 0) is 30.4 Å². The predicted octanol–water partition coefficient (Wildman–Crippen LogP) is 2.03. The number of amides is 1. The monoisotopic (exact) mass is 300 g/mol. The number of rotatable bonds is 6. The van der Waals surface area contributed by atoms with Gasteiger partial charge in [-0.25, -0.2) is 0 Å². The lowest BCUT2D eigenvalue weighted by Gasteiger charge is -2.06. The maximum absolute atomic E-state index is 11.7. The van der Waals surface area contributed by atoms with E-state index in [2.05, 4.69) is 16.4 Å². The number of fused-ring (bicyclic) bond motifs is 1. The molecule has 2 aromatic rings. The van der Waals surface area contributed by atoms with Crippen molar-refractivity contribution in [1.82, 2.24) is 10.3 Å². The standard InChI is InChI=1S/C17H20N2O3/c1-11-8-14(11)17(21)22-10-16(20)18-7-6-12-9-19-15-5-3-2-4-13(12)15/h2-5,9,11,14,19H,6-8,10H2,1H3,(H,18,20)/t11-,14-/m0/s1. The van der Waals surface area contributed by atoms with Crippen molar-refractivity contribution in [2.45, 2.75) is 19.8 Å². The molecule has 0 saturated heterocycles. The van der Waals surface area contributed by atoms with Gasteiger partial charge in [-0.15, -0.1) is 0 Å². The molecule has 1 aliphatic carbocycles. The molecule has 1 aliphatic rings. The van der Waals surface area contributed by atoms with Crippen LogP contribution in [0.1, 0.15) is 18.9 Å². The highest BCUT2D eigenvalue weighted by molar-refractivity contribution is 5.84. The summed E-state index contributed by atoms with van der Waals surface area (Å²) in [5, 5.41) is 3.95. The van der Waals surface area contributed by atoms with Crippen LogP contribution in [0.5, 0.6) is 0 Å². The molecule has 0 radical (unpaired) electrons. The minimum Gasteiger partial charge on any atom is -0.455 e. The van der Waals surface area contributed by atoms with E-state index in [4.69, 9.17) is 4.74 Å². The van der Waals surface area contributed by atoms with E-state index in [0.717, 1.165) is 18.4 Å². The molecule has 22 heavy (non-hydrogen) atoms. The first-order valence-electron chi connectivity index (χ1n) is 7.63. The van der Waals surface area contributed by atoms with E-state index in [9.17, 15) is 9.59 Å². The van der Waals surface area contributed by atoms with E-state index in [1.807, 2.05) is 31.3 Å². The fraction of sp³-hybridized carbons (Fsp3) is 0.412. The Balaban J connectivity index is 1.41. The van der Waals surface area contributed by atoms with Crippen molar-refractivity contribution < 1.29 is 14.3 Å². The minimum atomic E-state index is -0.251. The van der Waals surface area contributed by atoms with Crippen molar-refractivity contribution in [2.24, 2.45) is 11.8 Å². The maximum atomic E-state index is 11.7. The zero-order valence-corrected chi connectivity index (χ0v) is 12.6. The molecule has 0 unspecified atom stereocenters. The van der Waals surface area contributed by atoms with Crippen molar-refractivity contribution >= 4 is 22.8 Å². The third-order valence-corrected chi connectivity index (χ3v) is 4.15. The second-order valence-electron chi connectivity index (χ2n) is 5.89. The molecule has 5 heteroatoms. The normalized spacial score (nSPS) is 19.9. The van der Waals surface area contributed by atoms with E-state index in [-0.39, 0.29) is 24.4 Å². The number of esters is 1. The molecule has 3 rings (SSSR count). The molecule has 2 atom stereocenters. The number of carbonyl (C=O) groups is 2. The Labute approximate surface area is 129 Å². The van der Waals surface area contributed by atoms with Crippen LogP contribution in [0.15, 0.2) is 30.5 Å². The number of nitrogens with one attached hydrogen (secondary N) is 2. The number of carbonyl (C=O) groups excluding carboxylic acids is 2. The van der Waals surface area contributed by atoms with Gasteiger partial charge in [-0.3, -0.25) is 9.59 Å². The first-order chi connectivity index (χ1) is 10.6. The average Bonchev–Trinajstić information content (AvgIpc) is 3.11. The summed E-state index contributed by atoms with van der Waals surface area (Å²) in [5.74, 6) is -0.0998. The summed E-state index contributed by atoms with van der Waals surface area (Å²) >= 11 is 0. The lowest BCUT2D eigenvalue weighted by Crippen LogP contribution is -2.30. The summed E-state index contributed by atoms with van der Waals surface area (Å²) in [7, 11) is 0. The molecular weight excluding hydrogens is 280 g/mol. The highest BCUT2D eigenvalue weighted by Crippen LogP contribution is 2.38. The van der Waals surface area contributed by atoms with Gasteiger partial charge in [0.15, 0.2) is 6.61 Å². The number of hydrogen-bond acceptors (Lipinski definition) is 3. The quantitative estimate of drug-likeness (QED) is 0.802. The van der Waals surface area contributed by atoms with Gasteiger partial charge in [0.25, 0.3) is 5.91 Å². The Kier molecular flexibility index (Phi) is 4.13. The van der Waals surface area contributed by atoms with Crippen molar-refractivity contribution in [2.75, 3.05) is 13.2 Å². The van der Waals surface area contributed by atoms with Gasteiger partial charge >= 0.3 is 5.97 Å². The molecule has 1 saturated carbocycles. The number of ether oxygens (including phenoxy) is 1. The molecule has 116 valence electrons. The average molecular weight is 300 g/mol. The Morgan fingerprint density at radius 1 is 1.36 bits per heavy atom. The van der Waals surface area contributed by atoms with Crippen LogP contribution in [0.3, 0.4) is 0 Å². The van der Waals surface area contributed by atoms with Crippen molar-refractivity contribution in [3.63, 3.8) is 0 Å². The first kappa shape index (κ1) is 14.6. The van der Waals surface area contributed by atoms with Crippen LogP contribution in [0.2, 0.25) is 0 Å². The van der Waals surface area contributed by atoms with Gasteiger partial charge in [0, 0.05) is 23.6 Å². The molecule has 1 aromatic carbocycles. The second-order valence-corrected chi connectivity index (χ2v) is 5.89. The summed E-state index contributed by atoms with van der Waals surface area (Å²) in [6, 6.07) is 8.06. The van der Waals surface area contributed by atoms with E-state index in [0.29, 0.717) is 12.5 Å². The molecule has 1 amide bonds. The van der Waals surface area contributed by atoms with E-state index in [1.165, 1.54) is 10.9 Å². The smallest absolute Gasteiger partial charge is 0.309 e. The number of aromatic nitrogens is 1. The molecule has 1 fully saturated rings. The zero-order chi connectivity index (χ0) is 15.5. The molecule has 5 nitrogen and oxygen atoms in total. The van der Waals surface area contributed by atoms with Gasteiger partial charge < -0.3 is 15.0 Å². The van der Waals surface area contributed by atoms with Crippen LogP contribution in [-0.4, -0.2) is 30.0 Å². The molecule has 1 heterocycles.